The smallest absolute Gasteiger partial charge is 0.0543 e. The maximum Gasteiger partial charge on any atom is 0.0543 e. The molecule has 0 amide bonds. The summed E-state index contributed by atoms with van der Waals surface area (Å²) in [5.74, 6) is 0.492. The van der Waals surface area contributed by atoms with Crippen molar-refractivity contribution in [2.24, 2.45) is 5.73 Å². The van der Waals surface area contributed by atoms with E-state index in [0.29, 0.717) is 12.0 Å². The Balaban J connectivity index is 2.47. The number of hydrogen-bond acceptors (Lipinski definition) is 2. The van der Waals surface area contributed by atoms with Gasteiger partial charge in [0, 0.05) is 22.8 Å². The topological polar surface area (TPSA) is 43.8 Å². The van der Waals surface area contributed by atoms with Crippen LogP contribution in [0.4, 0.5) is 0 Å². The fourth-order valence-electron chi connectivity index (χ4n) is 2.15. The molecule has 1 saturated carbocycles. The van der Waals surface area contributed by atoms with E-state index in [4.69, 9.17) is 5.73 Å². The van der Waals surface area contributed by atoms with Crippen LogP contribution in [0.2, 0.25) is 0 Å². The van der Waals surface area contributed by atoms with Crippen molar-refractivity contribution in [3.8, 4) is 0 Å². The second kappa shape index (κ2) is 3.34. The quantitative estimate of drug-likeness (QED) is 0.827. The van der Waals surface area contributed by atoms with Gasteiger partial charge in [-0.1, -0.05) is 13.8 Å². The standard InChI is InChI=1S/C12H21N3/c1-8(2)11-10(12(13)5-6-12)7-14-15(11)9(3)4/h7-9H,5-6,13H2,1-4H3. The minimum atomic E-state index is -0.0628. The third kappa shape index (κ3) is 1.69. The molecule has 0 aromatic carbocycles. The number of aromatic nitrogens is 2. The van der Waals surface area contributed by atoms with E-state index in [2.05, 4.69) is 37.5 Å². The summed E-state index contributed by atoms with van der Waals surface area (Å²) in [4.78, 5) is 0. The van der Waals surface area contributed by atoms with Gasteiger partial charge in [0.15, 0.2) is 0 Å². The predicted molar refractivity (Wildman–Crippen MR) is 61.8 cm³/mol. The van der Waals surface area contributed by atoms with Gasteiger partial charge in [-0.05, 0) is 32.6 Å². The van der Waals surface area contributed by atoms with Gasteiger partial charge in [0.05, 0.1) is 6.20 Å². The maximum atomic E-state index is 6.27. The van der Waals surface area contributed by atoms with Gasteiger partial charge in [0.2, 0.25) is 0 Å². The molecule has 0 unspecified atom stereocenters. The fourth-order valence-corrected chi connectivity index (χ4v) is 2.15. The van der Waals surface area contributed by atoms with Crippen LogP contribution in [0.25, 0.3) is 0 Å². The zero-order valence-electron chi connectivity index (χ0n) is 10.1. The lowest BCUT2D eigenvalue weighted by Crippen LogP contribution is -2.21. The highest BCUT2D eigenvalue weighted by Crippen LogP contribution is 2.45. The molecule has 3 heteroatoms. The van der Waals surface area contributed by atoms with Crippen molar-refractivity contribution in [2.45, 2.75) is 58.0 Å². The zero-order chi connectivity index (χ0) is 11.2. The Hall–Kier alpha value is -0.830. The van der Waals surface area contributed by atoms with Crippen LogP contribution in [0, 0.1) is 0 Å². The first-order valence-corrected chi connectivity index (χ1v) is 5.82. The van der Waals surface area contributed by atoms with Crippen LogP contribution in [-0.2, 0) is 5.54 Å². The lowest BCUT2D eigenvalue weighted by molar-refractivity contribution is 0.493. The van der Waals surface area contributed by atoms with Gasteiger partial charge >= 0.3 is 0 Å². The van der Waals surface area contributed by atoms with Crippen LogP contribution in [0.1, 0.15) is 63.8 Å². The second-order valence-electron chi connectivity index (χ2n) is 5.29. The molecular weight excluding hydrogens is 186 g/mol. The van der Waals surface area contributed by atoms with Crippen molar-refractivity contribution in [1.29, 1.82) is 0 Å². The third-order valence-electron chi connectivity index (χ3n) is 3.20. The van der Waals surface area contributed by atoms with Gasteiger partial charge in [-0.25, -0.2) is 0 Å². The van der Waals surface area contributed by atoms with E-state index in [9.17, 15) is 0 Å². The van der Waals surface area contributed by atoms with Crippen LogP contribution in [-0.4, -0.2) is 9.78 Å². The molecular formula is C12H21N3. The van der Waals surface area contributed by atoms with Crippen molar-refractivity contribution in [1.82, 2.24) is 9.78 Å². The van der Waals surface area contributed by atoms with Crippen molar-refractivity contribution >= 4 is 0 Å². The number of nitrogens with two attached hydrogens (primary N) is 1. The van der Waals surface area contributed by atoms with Crippen molar-refractivity contribution in [2.75, 3.05) is 0 Å². The molecule has 0 aliphatic heterocycles. The van der Waals surface area contributed by atoms with Gasteiger partial charge in [0.25, 0.3) is 0 Å². The van der Waals surface area contributed by atoms with Gasteiger partial charge in [-0.3, -0.25) is 4.68 Å². The molecule has 2 rings (SSSR count). The molecule has 0 spiro atoms. The first kappa shape index (κ1) is 10.7. The van der Waals surface area contributed by atoms with E-state index in [1.54, 1.807) is 0 Å². The molecule has 1 aliphatic carbocycles. The first-order valence-electron chi connectivity index (χ1n) is 5.82. The summed E-state index contributed by atoms with van der Waals surface area (Å²) in [7, 11) is 0. The summed E-state index contributed by atoms with van der Waals surface area (Å²) in [5.41, 5.74) is 8.80. The van der Waals surface area contributed by atoms with E-state index in [1.165, 1.54) is 11.3 Å². The average molecular weight is 207 g/mol. The Labute approximate surface area is 91.7 Å². The van der Waals surface area contributed by atoms with E-state index in [1.807, 2.05) is 6.20 Å². The summed E-state index contributed by atoms with van der Waals surface area (Å²) >= 11 is 0. The third-order valence-corrected chi connectivity index (χ3v) is 3.20. The van der Waals surface area contributed by atoms with E-state index >= 15 is 0 Å². The lowest BCUT2D eigenvalue weighted by atomic mass is 9.99. The summed E-state index contributed by atoms with van der Waals surface area (Å²) in [5, 5.41) is 4.48. The Kier molecular flexibility index (Phi) is 2.38. The molecule has 84 valence electrons. The van der Waals surface area contributed by atoms with Crippen LogP contribution >= 0.6 is 0 Å². The van der Waals surface area contributed by atoms with Crippen LogP contribution in [0.15, 0.2) is 6.20 Å². The number of hydrogen-bond donors (Lipinski definition) is 1. The Morgan fingerprint density at radius 3 is 2.33 bits per heavy atom. The average Bonchev–Trinajstić information content (AvgIpc) is 2.74. The first-order chi connectivity index (χ1) is 6.96. The Bertz CT molecular complexity index is 359. The van der Waals surface area contributed by atoms with E-state index in [-0.39, 0.29) is 5.54 Å². The predicted octanol–water partition coefficient (Wildman–Crippen LogP) is 2.54. The summed E-state index contributed by atoms with van der Waals surface area (Å²) in [6, 6.07) is 0.415. The highest BCUT2D eigenvalue weighted by molar-refractivity contribution is 5.34. The normalized spacial score (nSPS) is 18.9. The maximum absolute atomic E-state index is 6.27. The van der Waals surface area contributed by atoms with Gasteiger partial charge in [-0.2, -0.15) is 5.10 Å². The molecule has 0 radical (unpaired) electrons. The molecule has 2 N–H and O–H groups in total. The van der Waals surface area contributed by atoms with Gasteiger partial charge < -0.3 is 5.73 Å². The highest BCUT2D eigenvalue weighted by Gasteiger charge is 2.43. The molecule has 0 atom stereocenters. The fraction of sp³-hybridized carbons (Fsp3) is 0.750. The molecule has 3 nitrogen and oxygen atoms in total. The summed E-state index contributed by atoms with van der Waals surface area (Å²) < 4.78 is 2.12. The van der Waals surface area contributed by atoms with E-state index < -0.39 is 0 Å². The molecule has 0 saturated heterocycles. The zero-order valence-corrected chi connectivity index (χ0v) is 10.1. The molecule has 1 aliphatic rings. The second-order valence-corrected chi connectivity index (χ2v) is 5.29. The molecule has 15 heavy (non-hydrogen) atoms. The molecule has 1 fully saturated rings. The lowest BCUT2D eigenvalue weighted by Gasteiger charge is -2.17. The van der Waals surface area contributed by atoms with Crippen LogP contribution in [0.5, 0.6) is 0 Å². The summed E-state index contributed by atoms with van der Waals surface area (Å²) in [6.45, 7) is 8.76. The van der Waals surface area contributed by atoms with Crippen molar-refractivity contribution < 1.29 is 0 Å². The minimum absolute atomic E-state index is 0.0628. The summed E-state index contributed by atoms with van der Waals surface area (Å²) in [6.07, 6.45) is 4.19. The monoisotopic (exact) mass is 207 g/mol. The Morgan fingerprint density at radius 2 is 1.93 bits per heavy atom. The molecule has 1 aromatic rings. The van der Waals surface area contributed by atoms with Crippen molar-refractivity contribution in [3.05, 3.63) is 17.5 Å². The van der Waals surface area contributed by atoms with Crippen molar-refractivity contribution in [3.63, 3.8) is 0 Å². The highest BCUT2D eigenvalue weighted by atomic mass is 15.3. The molecule has 1 aromatic heterocycles. The minimum Gasteiger partial charge on any atom is -0.321 e. The number of rotatable bonds is 3. The van der Waals surface area contributed by atoms with Gasteiger partial charge in [-0.15, -0.1) is 0 Å². The van der Waals surface area contributed by atoms with Crippen LogP contribution in [0.3, 0.4) is 0 Å². The largest absolute Gasteiger partial charge is 0.321 e. The molecule has 0 bridgehead atoms. The number of nitrogens with zero attached hydrogens (tertiary/aromatic N) is 2. The van der Waals surface area contributed by atoms with Gasteiger partial charge in [0.1, 0.15) is 0 Å². The van der Waals surface area contributed by atoms with E-state index in [0.717, 1.165) is 12.8 Å². The SMILES string of the molecule is CC(C)c1c(C2(N)CC2)cnn1C(C)C. The van der Waals surface area contributed by atoms with Crippen LogP contribution < -0.4 is 5.73 Å². The Morgan fingerprint density at radius 1 is 1.33 bits per heavy atom. The molecule has 1 heterocycles.